The van der Waals surface area contributed by atoms with E-state index in [0.717, 1.165) is 30.1 Å². The Hall–Kier alpha value is -1.88. The summed E-state index contributed by atoms with van der Waals surface area (Å²) < 4.78 is 32.8. The molecule has 0 fully saturated rings. The fraction of sp³-hybridized carbons (Fsp3) is 0.364. The van der Waals surface area contributed by atoms with Gasteiger partial charge in [-0.05, 0) is 24.1 Å². The van der Waals surface area contributed by atoms with Gasteiger partial charge in [-0.2, -0.15) is 0 Å². The minimum Gasteiger partial charge on any atom is -0.370 e. The topological polar surface area (TPSA) is 100 Å². The van der Waals surface area contributed by atoms with Crippen LogP contribution in [0.3, 0.4) is 0 Å². The van der Waals surface area contributed by atoms with Crippen LogP contribution in [0.15, 0.2) is 40.2 Å². The number of nitrogens with one attached hydrogen (secondary N) is 2. The van der Waals surface area contributed by atoms with Crippen molar-refractivity contribution in [1.29, 1.82) is 0 Å². The van der Waals surface area contributed by atoms with Crippen molar-refractivity contribution >= 4 is 56.6 Å². The SMILES string of the molecule is Cc1cc(S(=O)(=O)NCCOCC(=O)N(C)Cc2ccc(C3=NCCN3)cc2)c(Cl)c(Cl)c1Cl. The zero-order chi connectivity index (χ0) is 24.9. The van der Waals surface area contributed by atoms with Crippen LogP contribution in [0.1, 0.15) is 16.7 Å². The molecule has 0 radical (unpaired) electrons. The lowest BCUT2D eigenvalue weighted by Crippen LogP contribution is -2.32. The number of benzene rings is 2. The zero-order valence-electron chi connectivity index (χ0n) is 18.7. The third kappa shape index (κ3) is 6.62. The Balaban J connectivity index is 1.43. The third-order valence-electron chi connectivity index (χ3n) is 5.10. The molecular formula is C22H25Cl3N4O4S. The van der Waals surface area contributed by atoms with Gasteiger partial charge in [0.05, 0.1) is 28.2 Å². The van der Waals surface area contributed by atoms with Crippen LogP contribution in [0.5, 0.6) is 0 Å². The van der Waals surface area contributed by atoms with E-state index in [4.69, 9.17) is 39.5 Å². The molecule has 2 N–H and O–H groups in total. The zero-order valence-corrected chi connectivity index (χ0v) is 21.8. The second kappa shape index (κ2) is 11.7. The van der Waals surface area contributed by atoms with Crippen molar-refractivity contribution in [3.05, 3.63) is 62.1 Å². The van der Waals surface area contributed by atoms with E-state index in [1.54, 1.807) is 18.9 Å². The van der Waals surface area contributed by atoms with E-state index in [2.05, 4.69) is 15.0 Å². The highest BCUT2D eigenvalue weighted by Crippen LogP contribution is 2.37. The average Bonchev–Trinajstić information content (AvgIpc) is 3.35. The normalized spacial score (nSPS) is 13.5. The number of nitrogens with zero attached hydrogens (tertiary/aromatic N) is 2. The number of carbonyl (C=O) groups is 1. The van der Waals surface area contributed by atoms with Gasteiger partial charge >= 0.3 is 0 Å². The molecule has 0 aromatic heterocycles. The summed E-state index contributed by atoms with van der Waals surface area (Å²) in [4.78, 5) is 18.1. The van der Waals surface area contributed by atoms with Gasteiger partial charge in [0.1, 0.15) is 17.3 Å². The fourth-order valence-electron chi connectivity index (χ4n) is 3.21. The minimum atomic E-state index is -3.93. The molecule has 0 unspecified atom stereocenters. The van der Waals surface area contributed by atoms with Crippen molar-refractivity contribution in [3.63, 3.8) is 0 Å². The Bertz CT molecular complexity index is 1190. The second-order valence-electron chi connectivity index (χ2n) is 7.69. The van der Waals surface area contributed by atoms with E-state index in [-0.39, 0.29) is 45.6 Å². The number of sulfonamides is 1. The van der Waals surface area contributed by atoms with E-state index >= 15 is 0 Å². The van der Waals surface area contributed by atoms with Crippen molar-refractivity contribution in [2.75, 3.05) is 39.9 Å². The summed E-state index contributed by atoms with van der Waals surface area (Å²) in [5.41, 5.74) is 2.47. The Labute approximate surface area is 214 Å². The first kappa shape index (κ1) is 26.7. The molecule has 8 nitrogen and oxygen atoms in total. The van der Waals surface area contributed by atoms with Crippen molar-refractivity contribution in [2.45, 2.75) is 18.4 Å². The fourth-order valence-corrected chi connectivity index (χ4v) is 5.35. The minimum absolute atomic E-state index is 0.000537. The van der Waals surface area contributed by atoms with Gasteiger partial charge < -0.3 is 15.0 Å². The Kier molecular flexibility index (Phi) is 9.20. The van der Waals surface area contributed by atoms with E-state index < -0.39 is 10.0 Å². The van der Waals surface area contributed by atoms with E-state index in [1.165, 1.54) is 6.07 Å². The van der Waals surface area contributed by atoms with Gasteiger partial charge in [-0.1, -0.05) is 59.1 Å². The highest BCUT2D eigenvalue weighted by Gasteiger charge is 2.22. The van der Waals surface area contributed by atoms with Crippen LogP contribution in [0.25, 0.3) is 0 Å². The van der Waals surface area contributed by atoms with E-state index in [1.807, 2.05) is 24.3 Å². The van der Waals surface area contributed by atoms with Crippen molar-refractivity contribution in [2.24, 2.45) is 4.99 Å². The van der Waals surface area contributed by atoms with Crippen molar-refractivity contribution in [1.82, 2.24) is 14.9 Å². The van der Waals surface area contributed by atoms with E-state index in [0.29, 0.717) is 12.1 Å². The number of amidine groups is 1. The molecule has 1 aliphatic heterocycles. The van der Waals surface area contributed by atoms with Gasteiger partial charge in [-0.15, -0.1) is 0 Å². The Morgan fingerprint density at radius 1 is 1.18 bits per heavy atom. The van der Waals surface area contributed by atoms with Crippen LogP contribution in [0.4, 0.5) is 0 Å². The second-order valence-corrected chi connectivity index (χ2v) is 10.6. The molecule has 1 heterocycles. The van der Waals surface area contributed by atoms with E-state index in [9.17, 15) is 13.2 Å². The van der Waals surface area contributed by atoms with Gasteiger partial charge in [0.15, 0.2) is 0 Å². The number of aliphatic imine (C=N–C) groups is 1. The molecule has 34 heavy (non-hydrogen) atoms. The number of ether oxygens (including phenoxy) is 1. The number of hydrogen-bond donors (Lipinski definition) is 2. The van der Waals surface area contributed by atoms with Gasteiger partial charge in [-0.25, -0.2) is 13.1 Å². The highest BCUT2D eigenvalue weighted by atomic mass is 35.5. The Morgan fingerprint density at radius 2 is 1.88 bits per heavy atom. The quantitative estimate of drug-likeness (QED) is 0.351. The molecule has 0 spiro atoms. The average molecular weight is 548 g/mol. The van der Waals surface area contributed by atoms with Crippen LogP contribution in [-0.4, -0.2) is 65.0 Å². The summed E-state index contributed by atoms with van der Waals surface area (Å²) in [5.74, 6) is 0.661. The number of halogens is 3. The molecule has 0 aliphatic carbocycles. The largest absolute Gasteiger partial charge is 0.370 e. The van der Waals surface area contributed by atoms with Gasteiger partial charge in [0.25, 0.3) is 0 Å². The monoisotopic (exact) mass is 546 g/mol. The predicted octanol–water partition coefficient (Wildman–Crippen LogP) is 3.26. The standard InChI is InChI=1S/C22H25Cl3N4O4S/c1-14-11-17(20(24)21(25)19(14)23)34(31,32)28-9-10-33-13-18(30)29(2)12-15-3-5-16(6-4-15)22-26-7-8-27-22/h3-6,11,28H,7-10,12-13H2,1-2H3,(H,26,27). The molecule has 1 aliphatic rings. The summed E-state index contributed by atoms with van der Waals surface area (Å²) in [6.45, 7) is 3.45. The smallest absolute Gasteiger partial charge is 0.248 e. The predicted molar refractivity (Wildman–Crippen MR) is 135 cm³/mol. The van der Waals surface area contributed by atoms with Crippen LogP contribution in [0, 0.1) is 6.92 Å². The third-order valence-corrected chi connectivity index (χ3v) is 8.14. The van der Waals surface area contributed by atoms with Crippen LogP contribution in [0.2, 0.25) is 15.1 Å². The molecule has 0 saturated carbocycles. The summed E-state index contributed by atoms with van der Waals surface area (Å²) in [6.07, 6.45) is 0. The first-order chi connectivity index (χ1) is 16.1. The number of rotatable bonds is 10. The van der Waals surface area contributed by atoms with Crippen molar-refractivity contribution in [3.8, 4) is 0 Å². The van der Waals surface area contributed by atoms with Gasteiger partial charge in [0.2, 0.25) is 15.9 Å². The van der Waals surface area contributed by atoms with Gasteiger partial charge in [-0.3, -0.25) is 9.79 Å². The highest BCUT2D eigenvalue weighted by molar-refractivity contribution is 7.89. The molecule has 184 valence electrons. The van der Waals surface area contributed by atoms with Crippen LogP contribution in [-0.2, 0) is 26.1 Å². The van der Waals surface area contributed by atoms with Crippen LogP contribution < -0.4 is 10.0 Å². The lowest BCUT2D eigenvalue weighted by Gasteiger charge is -2.18. The molecule has 0 atom stereocenters. The molecule has 0 bridgehead atoms. The maximum absolute atomic E-state index is 12.5. The van der Waals surface area contributed by atoms with Crippen molar-refractivity contribution < 1.29 is 17.9 Å². The number of aryl methyl sites for hydroxylation is 1. The molecule has 2 aromatic carbocycles. The molecule has 2 aromatic rings. The Morgan fingerprint density at radius 3 is 2.53 bits per heavy atom. The molecule has 3 rings (SSSR count). The molecule has 12 heteroatoms. The summed E-state index contributed by atoms with van der Waals surface area (Å²) in [5, 5.41) is 3.25. The first-order valence-corrected chi connectivity index (χ1v) is 13.0. The number of hydrogen-bond acceptors (Lipinski definition) is 6. The molecule has 0 saturated heterocycles. The summed E-state index contributed by atoms with van der Waals surface area (Å²) in [7, 11) is -2.25. The first-order valence-electron chi connectivity index (χ1n) is 10.4. The number of likely N-dealkylation sites (N-methyl/N-ethyl adjacent to an activating group) is 1. The maximum atomic E-state index is 12.5. The lowest BCUT2D eigenvalue weighted by atomic mass is 10.1. The summed E-state index contributed by atoms with van der Waals surface area (Å²) >= 11 is 18.1. The summed E-state index contributed by atoms with van der Waals surface area (Å²) in [6, 6.07) is 9.19. The number of amides is 1. The number of carbonyl (C=O) groups excluding carboxylic acids is 1. The van der Waals surface area contributed by atoms with Gasteiger partial charge in [0, 0.05) is 32.2 Å². The molecular weight excluding hydrogens is 523 g/mol. The maximum Gasteiger partial charge on any atom is 0.248 e. The lowest BCUT2D eigenvalue weighted by molar-refractivity contribution is -0.135. The molecule has 1 amide bonds. The van der Waals surface area contributed by atoms with Crippen LogP contribution >= 0.6 is 34.8 Å².